The number of aromatic nitrogens is 1. The molecule has 1 aromatic heterocycles. The van der Waals surface area contributed by atoms with Gasteiger partial charge in [-0.1, -0.05) is 27.3 Å². The Bertz CT molecular complexity index is 587. The molecule has 0 aliphatic rings. The third-order valence-electron chi connectivity index (χ3n) is 3.22. The number of halogens is 1. The Labute approximate surface area is 138 Å². The molecule has 2 rings (SSSR count). The first-order valence-corrected chi connectivity index (χ1v) is 8.84. The SMILES string of the molecule is CCN(CCBr)c1ccc(N=Nc2nc(C)c(C)s2)cc1. The number of hydrogen-bond donors (Lipinski definition) is 0. The maximum Gasteiger partial charge on any atom is 0.230 e. The van der Waals surface area contributed by atoms with E-state index in [1.807, 2.05) is 26.0 Å². The predicted octanol–water partition coefficient (Wildman–Crippen LogP) is 5.40. The van der Waals surface area contributed by atoms with E-state index in [1.54, 1.807) is 11.3 Å². The van der Waals surface area contributed by atoms with Gasteiger partial charge in [-0.05, 0) is 45.0 Å². The van der Waals surface area contributed by atoms with Gasteiger partial charge >= 0.3 is 0 Å². The summed E-state index contributed by atoms with van der Waals surface area (Å²) in [5.74, 6) is 0. The van der Waals surface area contributed by atoms with Gasteiger partial charge in [0.15, 0.2) is 0 Å². The molecule has 6 heteroatoms. The van der Waals surface area contributed by atoms with Crippen LogP contribution in [0.5, 0.6) is 0 Å². The van der Waals surface area contributed by atoms with Gasteiger partial charge < -0.3 is 4.90 Å². The Kier molecular flexibility index (Phi) is 5.87. The molecule has 1 aromatic carbocycles. The molecule has 21 heavy (non-hydrogen) atoms. The van der Waals surface area contributed by atoms with Crippen molar-refractivity contribution in [3.63, 3.8) is 0 Å². The Morgan fingerprint density at radius 1 is 1.19 bits per heavy atom. The van der Waals surface area contributed by atoms with E-state index >= 15 is 0 Å². The highest BCUT2D eigenvalue weighted by atomic mass is 79.9. The molecule has 1 heterocycles. The topological polar surface area (TPSA) is 40.9 Å². The van der Waals surface area contributed by atoms with E-state index in [0.29, 0.717) is 5.13 Å². The van der Waals surface area contributed by atoms with Gasteiger partial charge in [0.25, 0.3) is 0 Å². The van der Waals surface area contributed by atoms with Crippen molar-refractivity contribution in [2.24, 2.45) is 10.2 Å². The second-order valence-electron chi connectivity index (χ2n) is 4.62. The molecule has 112 valence electrons. The van der Waals surface area contributed by atoms with Crippen LogP contribution in [0.3, 0.4) is 0 Å². The van der Waals surface area contributed by atoms with E-state index in [9.17, 15) is 0 Å². The van der Waals surface area contributed by atoms with Gasteiger partial charge in [-0.15, -0.1) is 10.2 Å². The van der Waals surface area contributed by atoms with Crippen molar-refractivity contribution in [2.75, 3.05) is 23.3 Å². The van der Waals surface area contributed by atoms with Crippen LogP contribution < -0.4 is 4.90 Å². The van der Waals surface area contributed by atoms with Crippen LogP contribution in [0.1, 0.15) is 17.5 Å². The highest BCUT2D eigenvalue weighted by Gasteiger charge is 2.04. The minimum absolute atomic E-state index is 0.712. The van der Waals surface area contributed by atoms with Crippen molar-refractivity contribution in [2.45, 2.75) is 20.8 Å². The number of azo groups is 1. The van der Waals surface area contributed by atoms with Crippen molar-refractivity contribution < 1.29 is 0 Å². The fourth-order valence-electron chi connectivity index (χ4n) is 1.90. The maximum absolute atomic E-state index is 4.35. The van der Waals surface area contributed by atoms with E-state index in [-0.39, 0.29) is 0 Å². The second-order valence-corrected chi connectivity index (χ2v) is 6.60. The summed E-state index contributed by atoms with van der Waals surface area (Å²) in [6.07, 6.45) is 0. The zero-order valence-corrected chi connectivity index (χ0v) is 14.9. The van der Waals surface area contributed by atoms with Crippen molar-refractivity contribution >= 4 is 43.8 Å². The van der Waals surface area contributed by atoms with E-state index in [2.05, 4.69) is 55.1 Å². The highest BCUT2D eigenvalue weighted by Crippen LogP contribution is 2.26. The van der Waals surface area contributed by atoms with Gasteiger partial charge in [0, 0.05) is 29.0 Å². The molecule has 0 aliphatic heterocycles. The molecule has 0 unspecified atom stereocenters. The number of hydrogen-bond acceptors (Lipinski definition) is 5. The number of aryl methyl sites for hydroxylation is 2. The average molecular weight is 367 g/mol. The molecule has 0 bridgehead atoms. The molecular weight excluding hydrogens is 348 g/mol. The monoisotopic (exact) mass is 366 g/mol. The second kappa shape index (κ2) is 7.66. The van der Waals surface area contributed by atoms with Gasteiger partial charge in [-0.3, -0.25) is 0 Å². The number of rotatable bonds is 6. The van der Waals surface area contributed by atoms with Crippen LogP contribution in [0.15, 0.2) is 34.5 Å². The lowest BCUT2D eigenvalue weighted by atomic mass is 10.2. The van der Waals surface area contributed by atoms with Crippen LogP contribution in [0, 0.1) is 13.8 Å². The normalized spacial score (nSPS) is 11.2. The quantitative estimate of drug-likeness (QED) is 0.507. The molecule has 0 aliphatic carbocycles. The molecule has 0 saturated carbocycles. The zero-order chi connectivity index (χ0) is 15.2. The molecule has 0 radical (unpaired) electrons. The van der Waals surface area contributed by atoms with Gasteiger partial charge in [-0.25, -0.2) is 4.98 Å². The fourth-order valence-corrected chi connectivity index (χ4v) is 3.06. The predicted molar refractivity (Wildman–Crippen MR) is 93.9 cm³/mol. The first kappa shape index (κ1) is 16.1. The van der Waals surface area contributed by atoms with Crippen LogP contribution in [0.25, 0.3) is 0 Å². The summed E-state index contributed by atoms with van der Waals surface area (Å²) in [5.41, 5.74) is 3.08. The Morgan fingerprint density at radius 2 is 1.90 bits per heavy atom. The van der Waals surface area contributed by atoms with Crippen molar-refractivity contribution in [1.82, 2.24) is 4.98 Å². The molecule has 0 spiro atoms. The van der Waals surface area contributed by atoms with Crippen molar-refractivity contribution in [1.29, 1.82) is 0 Å². The maximum atomic E-state index is 4.35. The molecular formula is C15H19BrN4S. The fraction of sp³-hybridized carbons (Fsp3) is 0.400. The third kappa shape index (κ3) is 4.35. The summed E-state index contributed by atoms with van der Waals surface area (Å²) in [6.45, 7) is 8.18. The summed E-state index contributed by atoms with van der Waals surface area (Å²) < 4.78 is 0. The molecule has 0 saturated heterocycles. The molecule has 4 nitrogen and oxygen atoms in total. The first-order valence-electron chi connectivity index (χ1n) is 6.90. The molecule has 0 N–H and O–H groups in total. The zero-order valence-electron chi connectivity index (χ0n) is 12.5. The molecule has 0 amide bonds. The van der Waals surface area contributed by atoms with Crippen molar-refractivity contribution in [3.8, 4) is 0 Å². The Balaban J connectivity index is 2.08. The average Bonchev–Trinajstić information content (AvgIpc) is 2.82. The lowest BCUT2D eigenvalue weighted by Crippen LogP contribution is -2.24. The van der Waals surface area contributed by atoms with Gasteiger partial charge in [-0.2, -0.15) is 0 Å². The summed E-state index contributed by atoms with van der Waals surface area (Å²) in [5, 5.41) is 10.1. The summed E-state index contributed by atoms with van der Waals surface area (Å²) >= 11 is 5.05. The first-order chi connectivity index (χ1) is 10.1. The molecule has 0 fully saturated rings. The molecule has 0 atom stereocenters. The number of benzene rings is 1. The Morgan fingerprint density at radius 3 is 2.43 bits per heavy atom. The number of alkyl halides is 1. The van der Waals surface area contributed by atoms with Gasteiger partial charge in [0.2, 0.25) is 5.13 Å². The number of nitrogens with zero attached hydrogens (tertiary/aromatic N) is 4. The number of anilines is 1. The van der Waals surface area contributed by atoms with E-state index < -0.39 is 0 Å². The summed E-state index contributed by atoms with van der Waals surface area (Å²) in [4.78, 5) is 7.85. The highest BCUT2D eigenvalue weighted by molar-refractivity contribution is 9.09. The van der Waals surface area contributed by atoms with E-state index in [0.717, 1.165) is 29.8 Å². The lowest BCUT2D eigenvalue weighted by molar-refractivity contribution is 0.875. The minimum Gasteiger partial charge on any atom is -0.371 e. The van der Waals surface area contributed by atoms with Crippen molar-refractivity contribution in [3.05, 3.63) is 34.8 Å². The number of thiazole rings is 1. The van der Waals surface area contributed by atoms with Gasteiger partial charge in [0.05, 0.1) is 11.4 Å². The lowest BCUT2D eigenvalue weighted by Gasteiger charge is -2.21. The Hall–Kier alpha value is -1.27. The summed E-state index contributed by atoms with van der Waals surface area (Å²) in [6, 6.07) is 8.14. The van der Waals surface area contributed by atoms with E-state index in [1.165, 1.54) is 10.6 Å². The van der Waals surface area contributed by atoms with Crippen LogP contribution in [0.4, 0.5) is 16.5 Å². The van der Waals surface area contributed by atoms with Crippen LogP contribution in [-0.4, -0.2) is 23.4 Å². The van der Waals surface area contributed by atoms with E-state index in [4.69, 9.17) is 0 Å². The smallest absolute Gasteiger partial charge is 0.230 e. The molecule has 2 aromatic rings. The van der Waals surface area contributed by atoms with Crippen LogP contribution >= 0.6 is 27.3 Å². The van der Waals surface area contributed by atoms with Gasteiger partial charge in [0.1, 0.15) is 0 Å². The van der Waals surface area contributed by atoms with Crippen LogP contribution in [0.2, 0.25) is 0 Å². The van der Waals surface area contributed by atoms with Crippen LogP contribution in [-0.2, 0) is 0 Å². The standard InChI is InChI=1S/C15H19BrN4S/c1-4-20(10-9-16)14-7-5-13(6-8-14)18-19-15-17-11(2)12(3)21-15/h5-8H,4,9-10H2,1-3H3. The largest absolute Gasteiger partial charge is 0.371 e. The minimum atomic E-state index is 0.712. The third-order valence-corrected chi connectivity index (χ3v) is 4.53. The summed E-state index contributed by atoms with van der Waals surface area (Å²) in [7, 11) is 0.